The molecule has 2 unspecified atom stereocenters. The summed E-state index contributed by atoms with van der Waals surface area (Å²) in [6.45, 7) is 5.83. The summed E-state index contributed by atoms with van der Waals surface area (Å²) in [7, 11) is 0. The molecule has 0 amide bonds. The highest BCUT2D eigenvalue weighted by atomic mass is 35.5. The Morgan fingerprint density at radius 1 is 1.12 bits per heavy atom. The van der Waals surface area contributed by atoms with E-state index in [-0.39, 0.29) is 17.3 Å². The third-order valence-electron chi connectivity index (χ3n) is 3.96. The van der Waals surface area contributed by atoms with E-state index >= 15 is 0 Å². The van der Waals surface area contributed by atoms with Crippen molar-refractivity contribution in [3.63, 3.8) is 0 Å². The fourth-order valence-corrected chi connectivity index (χ4v) is 3.32. The summed E-state index contributed by atoms with van der Waals surface area (Å²) in [6.07, 6.45) is 0.570. The zero-order valence-electron chi connectivity index (χ0n) is 14.3. The molecule has 0 saturated heterocycles. The molecule has 24 heavy (non-hydrogen) atoms. The van der Waals surface area contributed by atoms with Crippen molar-refractivity contribution in [3.8, 4) is 0 Å². The number of benzene rings is 2. The van der Waals surface area contributed by atoms with Crippen LogP contribution in [0.1, 0.15) is 40.8 Å². The van der Waals surface area contributed by atoms with Gasteiger partial charge in [-0.3, -0.25) is 4.79 Å². The molecule has 0 fully saturated rings. The normalized spacial score (nSPS) is 13.4. The van der Waals surface area contributed by atoms with Crippen LogP contribution >= 0.6 is 24.2 Å². The summed E-state index contributed by atoms with van der Waals surface area (Å²) in [5, 5.41) is 0.367. The maximum Gasteiger partial charge on any atom is 0.305 e. The third-order valence-corrected chi connectivity index (χ3v) is 4.89. The number of thiol groups is 1. The highest BCUT2D eigenvalue weighted by molar-refractivity contribution is 7.80. The van der Waals surface area contributed by atoms with Gasteiger partial charge < -0.3 is 4.74 Å². The van der Waals surface area contributed by atoms with E-state index in [4.69, 9.17) is 29.0 Å². The number of hydrogen-bond acceptors (Lipinski definition) is 3. The van der Waals surface area contributed by atoms with E-state index in [9.17, 15) is 4.79 Å². The Hall–Kier alpha value is -1.45. The van der Waals surface area contributed by atoms with E-state index in [1.54, 1.807) is 6.92 Å². The molecule has 2 rings (SSSR count). The van der Waals surface area contributed by atoms with Crippen LogP contribution in [0, 0.1) is 13.8 Å². The molecule has 0 saturated carbocycles. The minimum atomic E-state index is -0.372. The standard InChI is InChI=1S/C20H23ClO2S/c1-4-19(22)23-18(12-15-8-5-13(2)6-9-15)20(24)16-10-7-14(3)11-17(16)21/h5-11,18,20,24H,4,12H2,1-3H3. The monoisotopic (exact) mass is 362 g/mol. The molecule has 0 N–H and O–H groups in total. The smallest absolute Gasteiger partial charge is 0.305 e. The molecule has 2 aromatic rings. The van der Waals surface area contributed by atoms with E-state index in [2.05, 4.69) is 24.3 Å². The minimum absolute atomic E-state index is 0.227. The molecule has 0 aliphatic heterocycles. The van der Waals surface area contributed by atoms with Crippen molar-refractivity contribution in [2.45, 2.75) is 45.0 Å². The van der Waals surface area contributed by atoms with Crippen molar-refractivity contribution in [3.05, 3.63) is 69.7 Å². The maximum absolute atomic E-state index is 11.9. The van der Waals surface area contributed by atoms with E-state index < -0.39 is 0 Å². The summed E-state index contributed by atoms with van der Waals surface area (Å²) in [4.78, 5) is 11.9. The van der Waals surface area contributed by atoms with Crippen molar-refractivity contribution in [1.29, 1.82) is 0 Å². The van der Waals surface area contributed by atoms with Gasteiger partial charge in [-0.2, -0.15) is 12.6 Å². The lowest BCUT2D eigenvalue weighted by atomic mass is 9.99. The predicted octanol–water partition coefficient (Wildman–Crippen LogP) is 5.49. The van der Waals surface area contributed by atoms with Gasteiger partial charge in [0.05, 0.1) is 5.25 Å². The van der Waals surface area contributed by atoms with E-state index in [0.717, 1.165) is 16.7 Å². The lowest BCUT2D eigenvalue weighted by Gasteiger charge is -2.25. The van der Waals surface area contributed by atoms with E-state index in [1.165, 1.54) is 5.56 Å². The van der Waals surface area contributed by atoms with Crippen LogP contribution < -0.4 is 0 Å². The molecule has 0 bridgehead atoms. The van der Waals surface area contributed by atoms with Crippen LogP contribution in [-0.2, 0) is 16.0 Å². The predicted molar refractivity (Wildman–Crippen MR) is 103 cm³/mol. The number of ether oxygens (including phenoxy) is 1. The first-order valence-corrected chi connectivity index (χ1v) is 8.99. The Bertz CT molecular complexity index is 697. The van der Waals surface area contributed by atoms with Gasteiger partial charge in [0.15, 0.2) is 0 Å². The summed E-state index contributed by atoms with van der Waals surface area (Å²) >= 11 is 11.1. The Kier molecular flexibility index (Phi) is 6.76. The molecule has 0 radical (unpaired) electrons. The number of carbonyl (C=O) groups excluding carboxylic acids is 1. The first-order chi connectivity index (χ1) is 11.4. The van der Waals surface area contributed by atoms with Crippen LogP contribution in [0.25, 0.3) is 0 Å². The maximum atomic E-state index is 11.9. The van der Waals surface area contributed by atoms with Crippen LogP contribution in [-0.4, -0.2) is 12.1 Å². The lowest BCUT2D eigenvalue weighted by Crippen LogP contribution is -2.25. The SMILES string of the molecule is CCC(=O)OC(Cc1ccc(C)cc1)C(S)c1ccc(C)cc1Cl. The van der Waals surface area contributed by atoms with Crippen LogP contribution in [0.5, 0.6) is 0 Å². The largest absolute Gasteiger partial charge is 0.460 e. The second kappa shape index (κ2) is 8.59. The molecular formula is C20H23ClO2S. The molecule has 2 nitrogen and oxygen atoms in total. The number of halogens is 1. The first kappa shape index (κ1) is 18.9. The quantitative estimate of drug-likeness (QED) is 0.543. The number of carbonyl (C=O) groups is 1. The van der Waals surface area contributed by atoms with Crippen LogP contribution in [0.4, 0.5) is 0 Å². The Labute approximate surface area is 154 Å². The molecule has 128 valence electrons. The molecule has 0 heterocycles. The van der Waals surface area contributed by atoms with Gasteiger partial charge in [-0.1, -0.05) is 60.5 Å². The Balaban J connectivity index is 2.26. The second-order valence-electron chi connectivity index (χ2n) is 6.04. The molecule has 4 heteroatoms. The van der Waals surface area contributed by atoms with Gasteiger partial charge in [0.25, 0.3) is 0 Å². The fraction of sp³-hybridized carbons (Fsp3) is 0.350. The molecule has 2 atom stereocenters. The summed E-state index contributed by atoms with van der Waals surface area (Å²) < 4.78 is 5.66. The van der Waals surface area contributed by atoms with Gasteiger partial charge in [-0.05, 0) is 36.6 Å². The van der Waals surface area contributed by atoms with Crippen LogP contribution in [0.3, 0.4) is 0 Å². The highest BCUT2D eigenvalue weighted by Gasteiger charge is 2.25. The summed E-state index contributed by atoms with van der Waals surface area (Å²) in [5.74, 6) is -0.227. The average molecular weight is 363 g/mol. The van der Waals surface area contributed by atoms with Crippen molar-refractivity contribution >= 4 is 30.2 Å². The molecular weight excluding hydrogens is 340 g/mol. The Morgan fingerprint density at radius 3 is 2.33 bits per heavy atom. The zero-order chi connectivity index (χ0) is 17.7. The highest BCUT2D eigenvalue weighted by Crippen LogP contribution is 2.34. The van der Waals surface area contributed by atoms with Crippen molar-refractivity contribution < 1.29 is 9.53 Å². The van der Waals surface area contributed by atoms with Crippen LogP contribution in [0.2, 0.25) is 5.02 Å². The summed E-state index contributed by atoms with van der Waals surface area (Å²) in [6, 6.07) is 14.1. The van der Waals surface area contributed by atoms with Gasteiger partial charge >= 0.3 is 5.97 Å². The lowest BCUT2D eigenvalue weighted by molar-refractivity contribution is -0.148. The number of aryl methyl sites for hydroxylation is 2. The molecule has 0 aromatic heterocycles. The summed E-state index contributed by atoms with van der Waals surface area (Å²) in [5.41, 5.74) is 4.28. The third kappa shape index (κ3) is 5.02. The van der Waals surface area contributed by atoms with Gasteiger partial charge in [0.2, 0.25) is 0 Å². The van der Waals surface area contributed by atoms with Crippen LogP contribution in [0.15, 0.2) is 42.5 Å². The molecule has 0 spiro atoms. The van der Waals surface area contributed by atoms with Crippen molar-refractivity contribution in [2.75, 3.05) is 0 Å². The van der Waals surface area contributed by atoms with Gasteiger partial charge in [0, 0.05) is 17.9 Å². The topological polar surface area (TPSA) is 26.3 Å². The average Bonchev–Trinajstić information content (AvgIpc) is 2.55. The van der Waals surface area contributed by atoms with Gasteiger partial charge in [0.1, 0.15) is 6.10 Å². The van der Waals surface area contributed by atoms with Gasteiger partial charge in [-0.25, -0.2) is 0 Å². The van der Waals surface area contributed by atoms with Crippen molar-refractivity contribution in [1.82, 2.24) is 0 Å². The molecule has 0 aliphatic rings. The molecule has 0 aliphatic carbocycles. The molecule has 2 aromatic carbocycles. The number of rotatable bonds is 6. The van der Waals surface area contributed by atoms with Crippen molar-refractivity contribution in [2.24, 2.45) is 0 Å². The number of hydrogen-bond donors (Lipinski definition) is 1. The van der Waals surface area contributed by atoms with E-state index in [1.807, 2.05) is 32.0 Å². The second-order valence-corrected chi connectivity index (χ2v) is 7.00. The fourth-order valence-electron chi connectivity index (χ4n) is 2.50. The zero-order valence-corrected chi connectivity index (χ0v) is 15.9. The Morgan fingerprint density at radius 2 is 1.75 bits per heavy atom. The minimum Gasteiger partial charge on any atom is -0.460 e. The number of esters is 1. The van der Waals surface area contributed by atoms with Gasteiger partial charge in [-0.15, -0.1) is 0 Å². The first-order valence-electron chi connectivity index (χ1n) is 8.10. The van der Waals surface area contributed by atoms with E-state index in [0.29, 0.717) is 17.9 Å².